The molecule has 15 rings (SSSR count). The summed E-state index contributed by atoms with van der Waals surface area (Å²) in [4.78, 5) is 46.1. The number of halogens is 3. The molecule has 0 unspecified atom stereocenters. The van der Waals surface area contributed by atoms with E-state index >= 15 is 0 Å². The van der Waals surface area contributed by atoms with Crippen molar-refractivity contribution in [2.75, 3.05) is 55.2 Å². The van der Waals surface area contributed by atoms with Crippen molar-refractivity contribution >= 4 is 97.2 Å². The van der Waals surface area contributed by atoms with Crippen molar-refractivity contribution in [3.05, 3.63) is 405 Å². The summed E-state index contributed by atoms with van der Waals surface area (Å²) in [5.41, 5.74) is 6.63. The molecule has 0 aromatic heterocycles. The molecular formula is C111H118Cl2FN5O23S5. The van der Waals surface area contributed by atoms with Crippen molar-refractivity contribution in [3.8, 4) is 28.7 Å². The monoisotopic (exact) mass is 2140 g/mol. The summed E-state index contributed by atoms with van der Waals surface area (Å²) >= 11 is 11.8. The van der Waals surface area contributed by atoms with Crippen LogP contribution in [-0.2, 0) is 117 Å². The molecule has 13 aromatic carbocycles. The normalized spacial score (nSPS) is 14.7. The first kappa shape index (κ1) is 114. The zero-order chi connectivity index (χ0) is 106. The summed E-state index contributed by atoms with van der Waals surface area (Å²) in [7, 11) is -11.2. The van der Waals surface area contributed by atoms with Gasteiger partial charge in [-0.2, -0.15) is 21.5 Å². The third-order valence-electron chi connectivity index (χ3n) is 24.6. The van der Waals surface area contributed by atoms with E-state index in [1.165, 1.54) is 123 Å². The largest absolute Gasteiger partial charge is 0.497 e. The van der Waals surface area contributed by atoms with Crippen LogP contribution < -0.4 is 23.7 Å². The lowest BCUT2D eigenvalue weighted by Crippen LogP contribution is -2.37. The fourth-order valence-corrected chi connectivity index (χ4v) is 24.0. The quantitative estimate of drug-likeness (QED) is 0.0300. The number of hydrogen-bond donors (Lipinski definition) is 3. The second-order valence-corrected chi connectivity index (χ2v) is 45.2. The van der Waals surface area contributed by atoms with Gasteiger partial charge < -0.3 is 43.7 Å². The summed E-state index contributed by atoms with van der Waals surface area (Å²) in [5, 5.41) is 28.3. The molecule has 0 saturated heterocycles. The van der Waals surface area contributed by atoms with E-state index in [1.54, 1.807) is 134 Å². The number of aromatic carboxylic acids is 2. The number of methoxy groups -OCH3 is 5. The molecule has 147 heavy (non-hydrogen) atoms. The smallest absolute Gasteiger partial charge is 0.335 e. The van der Waals surface area contributed by atoms with Gasteiger partial charge in [0.25, 0.3) is 0 Å². The van der Waals surface area contributed by atoms with Gasteiger partial charge in [0.15, 0.2) is 0 Å². The van der Waals surface area contributed by atoms with E-state index in [4.69, 9.17) is 61.8 Å². The Hall–Kier alpha value is -13.2. The number of rotatable bonds is 40. The summed E-state index contributed by atoms with van der Waals surface area (Å²) in [6.07, 6.45) is 5.52. The van der Waals surface area contributed by atoms with Crippen molar-refractivity contribution in [1.29, 1.82) is 0 Å². The maximum Gasteiger partial charge on any atom is 0.335 e. The maximum absolute atomic E-state index is 13.5. The van der Waals surface area contributed by atoms with Crippen molar-refractivity contribution in [2.45, 2.75) is 135 Å². The van der Waals surface area contributed by atoms with Crippen molar-refractivity contribution < 1.29 is 109 Å². The number of carbonyl (C=O) groups is 4. The van der Waals surface area contributed by atoms with E-state index in [2.05, 4.69) is 0 Å². The van der Waals surface area contributed by atoms with Gasteiger partial charge in [0.1, 0.15) is 34.6 Å². The van der Waals surface area contributed by atoms with Crippen LogP contribution in [0.1, 0.15) is 124 Å². The van der Waals surface area contributed by atoms with E-state index in [-0.39, 0.29) is 123 Å². The molecule has 2 saturated carbocycles. The van der Waals surface area contributed by atoms with Gasteiger partial charge in [-0.25, -0.2) is 56.1 Å². The van der Waals surface area contributed by atoms with Crippen molar-refractivity contribution in [3.63, 3.8) is 0 Å². The summed E-state index contributed by atoms with van der Waals surface area (Å²) < 4.78 is 185. The summed E-state index contributed by atoms with van der Waals surface area (Å²) in [6.45, 7) is 4.36. The molecule has 3 N–H and O–H groups in total. The SMILES string of the molecule is CCOC(=O)C1CCC(CN(Cc2ccccc2)S(=O)(=O)c2ccc(Cl)cc2)CC1.COc1ccc(CN(Cc2ccccc2)S(=O)(=O)c2cccc(OC)c2)cc1.COc1ccc(CN(Cc2ccccc2OC)S(=O)(=O)c2ccc(C(=O)O)cc2)cc1.COc1ccc(S(=O)(=O)N(Cc2ccc(F)cc2)CC2CCC(C(=O)O)CC2)cc1.O=C(O)c1ccc(CN(Cc2ccccc2)S(=O)(=O)c2ccc(Cl)cc2)cc1. The Morgan fingerprint density at radius 3 is 0.952 bits per heavy atom. The van der Waals surface area contributed by atoms with Gasteiger partial charge in [0, 0.05) is 87.1 Å². The highest BCUT2D eigenvalue weighted by Gasteiger charge is 2.36. The Kier molecular flexibility index (Phi) is 42.7. The number of benzene rings is 13. The van der Waals surface area contributed by atoms with Crippen LogP contribution in [0.25, 0.3) is 0 Å². The first-order valence-electron chi connectivity index (χ1n) is 47.0. The molecule has 0 atom stereocenters. The minimum absolute atomic E-state index is 0.0147. The van der Waals surface area contributed by atoms with Crippen LogP contribution in [0.4, 0.5) is 4.39 Å². The van der Waals surface area contributed by atoms with E-state index in [0.29, 0.717) is 95.1 Å². The van der Waals surface area contributed by atoms with Gasteiger partial charge in [-0.15, -0.1) is 0 Å². The molecule has 0 spiro atoms. The van der Waals surface area contributed by atoms with Crippen LogP contribution >= 0.6 is 23.2 Å². The van der Waals surface area contributed by atoms with Gasteiger partial charge in [-0.1, -0.05) is 187 Å². The minimum atomic E-state index is -3.93. The second-order valence-electron chi connectivity index (χ2n) is 34.6. The van der Waals surface area contributed by atoms with Gasteiger partial charge in [-0.3, -0.25) is 9.59 Å². The molecule has 776 valence electrons. The van der Waals surface area contributed by atoms with Crippen LogP contribution in [0.15, 0.2) is 358 Å². The standard InChI is InChI=1S/C23H28ClNO4S.C23H23NO6S.C22H26FNO5S.C22H23NO4S.C21H18ClNO4S/c1-2-29-23(26)20-10-8-19(9-11-20)17-25(16-18-6-4-3-5-7-18)30(27,28)22-14-12-21(24)13-15-22;1-29-20-11-7-17(8-12-20)15-24(16-19-5-3-4-6-22(19)30-2)31(27,28)21-13-9-18(10-14-21)23(25)26;1-29-20-10-12-21(13-11-20)30(27,28)24(15-17-4-8-19(23)9-5-17)14-16-2-6-18(7-3-16)22(25)26;1-26-20-13-11-19(12-14-20)17-23(16-18-7-4-3-5-8-18)28(24,25)22-10-6-9-21(15-22)27-2;22-19-10-12-20(13-11-19)28(26,27)23(14-16-4-2-1-3-5-16)15-17-6-8-18(9-7-17)21(24)25/h3-7,12-15,19-20H,2,8-11,16-17H2,1H3;3-14H,15-16H2,1-2H3,(H,25,26);4-5,8-13,16,18H,2-3,6-7,14-15H2,1H3,(H,25,26);3-15H,16-17H2,1-2H3;1-13H,14-15H2,(H,24,25). The molecule has 0 amide bonds. The number of carboxylic acids is 3. The van der Waals surface area contributed by atoms with Gasteiger partial charge >= 0.3 is 23.9 Å². The number of para-hydroxylation sites is 1. The van der Waals surface area contributed by atoms with E-state index in [9.17, 15) is 70.8 Å². The lowest BCUT2D eigenvalue weighted by atomic mass is 9.82. The minimum Gasteiger partial charge on any atom is -0.497 e. The number of sulfonamides is 5. The highest BCUT2D eigenvalue weighted by Crippen LogP contribution is 2.37. The number of hydrogen-bond acceptors (Lipinski definition) is 20. The Balaban J connectivity index is 0.000000175. The third kappa shape index (κ3) is 33.4. The number of nitrogens with zero attached hydrogens (tertiary/aromatic N) is 5. The topological polar surface area (TPSA) is 371 Å². The van der Waals surface area contributed by atoms with Crippen LogP contribution in [0.3, 0.4) is 0 Å². The lowest BCUT2D eigenvalue weighted by molar-refractivity contribution is -0.149. The molecule has 0 bridgehead atoms. The highest BCUT2D eigenvalue weighted by atomic mass is 35.5. The number of esters is 1. The molecule has 36 heteroatoms. The molecule has 2 aliphatic rings. The van der Waals surface area contributed by atoms with E-state index in [0.717, 1.165) is 59.3 Å². The zero-order valence-electron chi connectivity index (χ0n) is 81.9. The second kappa shape index (κ2) is 55.0. The van der Waals surface area contributed by atoms with Crippen molar-refractivity contribution in [1.82, 2.24) is 21.5 Å². The summed E-state index contributed by atoms with van der Waals surface area (Å²) in [5.74, 6) is -0.536. The van der Waals surface area contributed by atoms with Crippen LogP contribution in [0.5, 0.6) is 28.7 Å². The van der Waals surface area contributed by atoms with Crippen LogP contribution in [0, 0.1) is 29.5 Å². The predicted molar refractivity (Wildman–Crippen MR) is 560 cm³/mol. The molecule has 28 nitrogen and oxygen atoms in total. The van der Waals surface area contributed by atoms with E-state index < -0.39 is 68.0 Å². The maximum atomic E-state index is 13.5. The Bertz CT molecular complexity index is 7040. The average Bonchev–Trinajstić information content (AvgIpc) is 0.829. The fraction of sp³-hybridized carbons (Fsp3) is 0.261. The number of carbonyl (C=O) groups excluding carboxylic acids is 1. The fourth-order valence-electron chi connectivity index (χ4n) is 16.4. The van der Waals surface area contributed by atoms with Crippen LogP contribution in [-0.4, -0.2) is 158 Å². The van der Waals surface area contributed by atoms with Crippen molar-refractivity contribution in [2.24, 2.45) is 23.7 Å². The first-order valence-corrected chi connectivity index (χ1v) is 55.0. The van der Waals surface area contributed by atoms with Gasteiger partial charge in [0.2, 0.25) is 50.1 Å². The van der Waals surface area contributed by atoms with E-state index in [1.807, 2.05) is 140 Å². The average molecular weight is 2140 g/mol. The molecule has 0 radical (unpaired) electrons. The first-order chi connectivity index (χ1) is 70.4. The molecule has 2 fully saturated rings. The lowest BCUT2D eigenvalue weighted by Gasteiger charge is -2.31. The number of ether oxygens (including phenoxy) is 6. The Morgan fingerprint density at radius 2 is 0.599 bits per heavy atom. The predicted octanol–water partition coefficient (Wildman–Crippen LogP) is 21.1. The Labute approximate surface area is 869 Å². The molecule has 2 aliphatic carbocycles. The van der Waals surface area contributed by atoms with Crippen LogP contribution in [0.2, 0.25) is 10.0 Å². The van der Waals surface area contributed by atoms with Gasteiger partial charge in [-0.05, 0) is 273 Å². The van der Waals surface area contributed by atoms with Gasteiger partial charge in [0.05, 0.1) is 89.6 Å². The number of carboxylic acid groups (broad SMARTS) is 3. The molecule has 13 aromatic rings. The molecule has 0 aliphatic heterocycles. The number of aliphatic carboxylic acids is 1. The Morgan fingerprint density at radius 1 is 0.306 bits per heavy atom. The summed E-state index contributed by atoms with van der Waals surface area (Å²) in [6, 6.07) is 92.4. The molecular weight excluding hydrogens is 2020 g/mol. The zero-order valence-corrected chi connectivity index (χ0v) is 87.5. The highest BCUT2D eigenvalue weighted by molar-refractivity contribution is 7.90. The third-order valence-corrected chi connectivity index (χ3v) is 34.2. The molecule has 0 heterocycles.